The van der Waals surface area contributed by atoms with Crippen LogP contribution in [0.1, 0.15) is 35.1 Å². The maximum Gasteiger partial charge on any atom is 0.266 e. The fourth-order valence-corrected chi connectivity index (χ4v) is 4.00. The van der Waals surface area contributed by atoms with Gasteiger partial charge in [0.2, 0.25) is 5.91 Å². The number of carbonyl (C=O) groups is 2. The molecular formula is C16H21N5O2S. The van der Waals surface area contributed by atoms with Crippen LogP contribution in [0.3, 0.4) is 0 Å². The van der Waals surface area contributed by atoms with Crippen molar-refractivity contribution >= 4 is 23.2 Å². The summed E-state index contributed by atoms with van der Waals surface area (Å²) in [7, 11) is 1.84. The summed E-state index contributed by atoms with van der Waals surface area (Å²) in [6, 6.07) is 0.0939. The van der Waals surface area contributed by atoms with Crippen molar-refractivity contribution in [3.63, 3.8) is 0 Å². The lowest BCUT2D eigenvalue weighted by atomic mass is 9.93. The van der Waals surface area contributed by atoms with Crippen molar-refractivity contribution in [3.8, 4) is 10.6 Å². The van der Waals surface area contributed by atoms with Crippen LogP contribution in [0.4, 0.5) is 0 Å². The van der Waals surface area contributed by atoms with E-state index in [1.54, 1.807) is 15.8 Å². The molecule has 2 unspecified atom stereocenters. The van der Waals surface area contributed by atoms with Crippen LogP contribution in [0.5, 0.6) is 0 Å². The zero-order chi connectivity index (χ0) is 17.4. The smallest absolute Gasteiger partial charge is 0.266 e. The minimum absolute atomic E-state index is 0.0707. The molecule has 2 aromatic heterocycles. The van der Waals surface area contributed by atoms with Crippen LogP contribution in [0.15, 0.2) is 12.4 Å². The highest BCUT2D eigenvalue weighted by molar-refractivity contribution is 7.17. The van der Waals surface area contributed by atoms with E-state index < -0.39 is 0 Å². The van der Waals surface area contributed by atoms with E-state index in [0.717, 1.165) is 23.4 Å². The van der Waals surface area contributed by atoms with E-state index in [-0.39, 0.29) is 23.8 Å². The molecule has 3 rings (SSSR count). The summed E-state index contributed by atoms with van der Waals surface area (Å²) in [5.74, 6) is -0.675. The molecule has 7 nitrogen and oxygen atoms in total. The van der Waals surface area contributed by atoms with Gasteiger partial charge in [-0.3, -0.25) is 14.3 Å². The molecule has 0 radical (unpaired) electrons. The van der Waals surface area contributed by atoms with Gasteiger partial charge in [-0.15, -0.1) is 11.3 Å². The first-order valence-electron chi connectivity index (χ1n) is 7.93. The Bertz CT molecular complexity index is 781. The summed E-state index contributed by atoms with van der Waals surface area (Å²) >= 11 is 1.37. The van der Waals surface area contributed by atoms with Crippen LogP contribution in [0, 0.1) is 12.8 Å². The van der Waals surface area contributed by atoms with Gasteiger partial charge in [0.1, 0.15) is 9.88 Å². The predicted molar refractivity (Wildman–Crippen MR) is 91.5 cm³/mol. The number of carbonyl (C=O) groups excluding carboxylic acids is 2. The molecule has 1 fully saturated rings. The lowest BCUT2D eigenvalue weighted by Crippen LogP contribution is -2.48. The van der Waals surface area contributed by atoms with E-state index >= 15 is 0 Å². The van der Waals surface area contributed by atoms with Crippen LogP contribution < -0.4 is 5.73 Å². The zero-order valence-corrected chi connectivity index (χ0v) is 14.8. The number of hydrogen-bond donors (Lipinski definition) is 1. The molecule has 0 aromatic carbocycles. The summed E-state index contributed by atoms with van der Waals surface area (Å²) in [6.45, 7) is 4.23. The number of primary amides is 1. The maximum absolute atomic E-state index is 13.0. The van der Waals surface area contributed by atoms with Crippen molar-refractivity contribution in [1.82, 2.24) is 19.7 Å². The van der Waals surface area contributed by atoms with Gasteiger partial charge in [0, 0.05) is 31.4 Å². The zero-order valence-electron chi connectivity index (χ0n) is 14.0. The highest BCUT2D eigenvalue weighted by atomic mass is 32.1. The Morgan fingerprint density at radius 1 is 1.38 bits per heavy atom. The van der Waals surface area contributed by atoms with Gasteiger partial charge in [-0.05, 0) is 26.7 Å². The molecule has 0 spiro atoms. The minimum Gasteiger partial charge on any atom is -0.369 e. The molecule has 0 saturated carbocycles. The highest BCUT2D eigenvalue weighted by Crippen LogP contribution is 2.31. The molecule has 2 N–H and O–H groups in total. The van der Waals surface area contributed by atoms with Crippen LogP contribution in [-0.2, 0) is 11.8 Å². The number of piperidine rings is 1. The first-order chi connectivity index (χ1) is 11.4. The Labute approximate surface area is 144 Å². The fourth-order valence-electron chi connectivity index (χ4n) is 3.00. The van der Waals surface area contributed by atoms with E-state index in [1.807, 2.05) is 27.1 Å². The highest BCUT2D eigenvalue weighted by Gasteiger charge is 2.33. The van der Waals surface area contributed by atoms with E-state index in [0.29, 0.717) is 17.1 Å². The Hall–Kier alpha value is -2.22. The topological polar surface area (TPSA) is 94.1 Å². The van der Waals surface area contributed by atoms with Crippen LogP contribution >= 0.6 is 11.3 Å². The fraction of sp³-hybridized carbons (Fsp3) is 0.500. The summed E-state index contributed by atoms with van der Waals surface area (Å²) in [6.07, 6.45) is 5.13. The summed E-state index contributed by atoms with van der Waals surface area (Å²) in [5.41, 5.74) is 7.03. The van der Waals surface area contributed by atoms with Crippen molar-refractivity contribution in [2.75, 3.05) is 6.54 Å². The summed E-state index contributed by atoms with van der Waals surface area (Å²) < 4.78 is 1.71. The second kappa shape index (κ2) is 6.35. The first kappa shape index (κ1) is 16.6. The van der Waals surface area contributed by atoms with Gasteiger partial charge in [0.25, 0.3) is 5.91 Å². The third-order valence-electron chi connectivity index (χ3n) is 4.49. The lowest BCUT2D eigenvalue weighted by molar-refractivity contribution is -0.123. The van der Waals surface area contributed by atoms with Gasteiger partial charge >= 0.3 is 0 Å². The van der Waals surface area contributed by atoms with E-state index in [4.69, 9.17) is 5.73 Å². The van der Waals surface area contributed by atoms with Gasteiger partial charge in [-0.2, -0.15) is 5.10 Å². The number of thiazole rings is 1. The molecular weight excluding hydrogens is 326 g/mol. The Morgan fingerprint density at radius 2 is 2.12 bits per heavy atom. The van der Waals surface area contributed by atoms with Gasteiger partial charge in [-0.1, -0.05) is 0 Å². The van der Waals surface area contributed by atoms with Gasteiger partial charge in [0.05, 0.1) is 17.8 Å². The van der Waals surface area contributed by atoms with Gasteiger partial charge in [0.15, 0.2) is 0 Å². The first-order valence-corrected chi connectivity index (χ1v) is 8.75. The maximum atomic E-state index is 13.0. The molecule has 2 amide bonds. The van der Waals surface area contributed by atoms with Crippen molar-refractivity contribution in [3.05, 3.63) is 23.0 Å². The Kier molecular flexibility index (Phi) is 4.40. The number of rotatable bonds is 3. The van der Waals surface area contributed by atoms with Crippen LogP contribution in [0.2, 0.25) is 0 Å². The van der Waals surface area contributed by atoms with Gasteiger partial charge < -0.3 is 10.6 Å². The van der Waals surface area contributed by atoms with Crippen molar-refractivity contribution in [1.29, 1.82) is 0 Å². The average molecular weight is 347 g/mol. The molecule has 1 saturated heterocycles. The number of nitrogens with zero attached hydrogens (tertiary/aromatic N) is 4. The number of amides is 2. The molecule has 8 heteroatoms. The average Bonchev–Trinajstić information content (AvgIpc) is 3.12. The molecule has 24 heavy (non-hydrogen) atoms. The normalized spacial score (nSPS) is 21.0. The van der Waals surface area contributed by atoms with Gasteiger partial charge in [-0.25, -0.2) is 4.98 Å². The quantitative estimate of drug-likeness (QED) is 0.912. The largest absolute Gasteiger partial charge is 0.369 e. The molecule has 1 aliphatic heterocycles. The lowest BCUT2D eigenvalue weighted by Gasteiger charge is -2.36. The molecule has 2 aromatic rings. The van der Waals surface area contributed by atoms with E-state index in [2.05, 4.69) is 10.1 Å². The monoisotopic (exact) mass is 347 g/mol. The second-order valence-electron chi connectivity index (χ2n) is 6.32. The number of hydrogen-bond acceptors (Lipinski definition) is 5. The molecule has 0 aliphatic carbocycles. The van der Waals surface area contributed by atoms with Crippen LogP contribution in [0.25, 0.3) is 10.6 Å². The standard InChI is InChI=1S/C16H21N5O2S/c1-9-4-5-11(14(17)22)8-21(9)16(23)13-10(2)19-15(24-13)12-6-18-20(3)7-12/h6-7,9,11H,4-5,8H2,1-3H3,(H2,17,22). The molecule has 1 aliphatic rings. The molecule has 2 atom stereocenters. The minimum atomic E-state index is -0.336. The summed E-state index contributed by atoms with van der Waals surface area (Å²) in [4.78, 5) is 31.3. The Balaban J connectivity index is 1.86. The predicted octanol–water partition coefficient (Wildman–Crippen LogP) is 1.58. The van der Waals surface area contributed by atoms with E-state index in [1.165, 1.54) is 11.3 Å². The molecule has 128 valence electrons. The number of aryl methyl sites for hydroxylation is 2. The molecule has 0 bridgehead atoms. The van der Waals surface area contributed by atoms with Crippen LogP contribution in [-0.4, -0.2) is 44.1 Å². The van der Waals surface area contributed by atoms with Crippen molar-refractivity contribution in [2.24, 2.45) is 18.7 Å². The van der Waals surface area contributed by atoms with Crippen molar-refractivity contribution in [2.45, 2.75) is 32.7 Å². The number of aromatic nitrogens is 3. The van der Waals surface area contributed by atoms with E-state index in [9.17, 15) is 9.59 Å². The third-order valence-corrected chi connectivity index (χ3v) is 5.68. The van der Waals surface area contributed by atoms with Crippen molar-refractivity contribution < 1.29 is 9.59 Å². The SMILES string of the molecule is Cc1nc(-c2cnn(C)c2)sc1C(=O)N1CC(C(N)=O)CCC1C. The summed E-state index contributed by atoms with van der Waals surface area (Å²) in [5, 5.41) is 4.92. The number of likely N-dealkylation sites (tertiary alicyclic amines) is 1. The number of nitrogens with two attached hydrogens (primary N) is 1. The second-order valence-corrected chi connectivity index (χ2v) is 7.32. The molecule has 3 heterocycles. The third kappa shape index (κ3) is 3.06. The Morgan fingerprint density at radius 3 is 2.75 bits per heavy atom.